The Hall–Kier alpha value is -3.18. The van der Waals surface area contributed by atoms with Crippen molar-refractivity contribution in [2.45, 2.75) is 103 Å². The molecule has 262 valence electrons. The third-order valence-electron chi connectivity index (χ3n) is 9.65. The minimum atomic E-state index is -0.716. The van der Waals surface area contributed by atoms with Crippen LogP contribution in [0.3, 0.4) is 0 Å². The maximum atomic E-state index is 14.3. The summed E-state index contributed by atoms with van der Waals surface area (Å²) in [4.78, 5) is 39.5. The quantitative estimate of drug-likeness (QED) is 0.268. The highest BCUT2D eigenvalue weighted by Crippen LogP contribution is 2.30. The number of piperidine rings is 1. The first-order chi connectivity index (χ1) is 23.2. The largest absolute Gasteiger partial charge is 0.455 e. The normalized spacial score (nSPS) is 22.4. The van der Waals surface area contributed by atoms with Crippen molar-refractivity contribution in [3.05, 3.63) is 70.2 Å². The summed E-state index contributed by atoms with van der Waals surface area (Å²) >= 11 is 6.40. The molecule has 2 amide bonds. The van der Waals surface area contributed by atoms with Crippen LogP contribution in [-0.2, 0) is 27.4 Å². The molecule has 0 aliphatic carbocycles. The SMILES string of the molecule is CC(C)NC(CCCCN1CCCCC1)C(=O)N1CCN(C2=N[C@@H](C)[C@H](c3ccccc3)O2)C[C@H]1C(=O)NCc1ccc(CN)c(Cl)c1. The lowest BCUT2D eigenvalue weighted by Crippen LogP contribution is -2.64. The number of piperazine rings is 1. The summed E-state index contributed by atoms with van der Waals surface area (Å²) in [6.45, 7) is 11.5. The van der Waals surface area contributed by atoms with Crippen LogP contribution in [0.15, 0.2) is 53.5 Å². The van der Waals surface area contributed by atoms with Gasteiger partial charge in [0.1, 0.15) is 12.1 Å². The number of aliphatic imine (C=N–C) groups is 1. The molecule has 5 rings (SSSR count). The average molecular weight is 680 g/mol. The highest BCUT2D eigenvalue weighted by molar-refractivity contribution is 6.31. The van der Waals surface area contributed by atoms with Crippen LogP contribution in [-0.4, -0.2) is 96.0 Å². The van der Waals surface area contributed by atoms with Gasteiger partial charge in [-0.25, -0.2) is 4.99 Å². The average Bonchev–Trinajstić information content (AvgIpc) is 3.50. The molecule has 11 heteroatoms. The summed E-state index contributed by atoms with van der Waals surface area (Å²) in [5, 5.41) is 7.18. The van der Waals surface area contributed by atoms with Crippen molar-refractivity contribution in [3.8, 4) is 0 Å². The fraction of sp³-hybridized carbons (Fsp3) is 0.595. The molecule has 48 heavy (non-hydrogen) atoms. The molecule has 0 aromatic heterocycles. The van der Waals surface area contributed by atoms with E-state index in [-0.39, 0.29) is 42.6 Å². The smallest absolute Gasteiger partial charge is 0.288 e. The summed E-state index contributed by atoms with van der Waals surface area (Å²) < 4.78 is 6.40. The molecule has 2 aromatic rings. The number of hydrogen-bond acceptors (Lipinski definition) is 8. The Kier molecular flexibility index (Phi) is 13.1. The number of halogens is 1. The zero-order valence-electron chi connectivity index (χ0n) is 28.9. The highest BCUT2D eigenvalue weighted by atomic mass is 35.5. The van der Waals surface area contributed by atoms with Crippen molar-refractivity contribution in [3.63, 3.8) is 0 Å². The Morgan fingerprint density at radius 2 is 1.81 bits per heavy atom. The van der Waals surface area contributed by atoms with Crippen molar-refractivity contribution in [1.29, 1.82) is 0 Å². The van der Waals surface area contributed by atoms with E-state index in [1.54, 1.807) is 4.90 Å². The molecule has 3 heterocycles. The van der Waals surface area contributed by atoms with Gasteiger partial charge in [-0.3, -0.25) is 9.59 Å². The van der Waals surface area contributed by atoms with Crippen LogP contribution in [0.5, 0.6) is 0 Å². The lowest BCUT2D eigenvalue weighted by atomic mass is 10.0. The predicted octanol–water partition coefficient (Wildman–Crippen LogP) is 4.47. The number of nitrogens with one attached hydrogen (secondary N) is 2. The number of carbonyl (C=O) groups is 2. The second-order valence-electron chi connectivity index (χ2n) is 13.7. The Bertz CT molecular complexity index is 1380. The van der Waals surface area contributed by atoms with Crippen LogP contribution in [0.2, 0.25) is 5.02 Å². The summed E-state index contributed by atoms with van der Waals surface area (Å²) in [5.41, 5.74) is 8.57. The lowest BCUT2D eigenvalue weighted by Gasteiger charge is -2.42. The molecule has 1 unspecified atom stereocenters. The van der Waals surface area contributed by atoms with Crippen molar-refractivity contribution in [2.75, 3.05) is 39.3 Å². The molecule has 3 aliphatic rings. The number of ether oxygens (including phenoxy) is 1. The van der Waals surface area contributed by atoms with Crippen LogP contribution < -0.4 is 16.4 Å². The Balaban J connectivity index is 1.29. The Morgan fingerprint density at radius 1 is 1.04 bits per heavy atom. The molecule has 0 bridgehead atoms. The first kappa shape index (κ1) is 36.1. The fourth-order valence-corrected chi connectivity index (χ4v) is 7.28. The van der Waals surface area contributed by atoms with E-state index in [1.807, 2.05) is 60.4 Å². The number of nitrogens with zero attached hydrogens (tertiary/aromatic N) is 4. The lowest BCUT2D eigenvalue weighted by molar-refractivity contribution is -0.145. The van der Waals surface area contributed by atoms with E-state index in [0.29, 0.717) is 37.2 Å². The number of carbonyl (C=O) groups excluding carboxylic acids is 2. The van der Waals surface area contributed by atoms with Crippen LogP contribution in [0.1, 0.15) is 82.1 Å². The van der Waals surface area contributed by atoms with Gasteiger partial charge in [0.25, 0.3) is 6.02 Å². The number of likely N-dealkylation sites (tertiary alicyclic amines) is 1. The molecule has 2 fully saturated rings. The highest BCUT2D eigenvalue weighted by Gasteiger charge is 2.41. The molecule has 0 radical (unpaired) electrons. The summed E-state index contributed by atoms with van der Waals surface area (Å²) in [5.74, 6) is -0.242. The van der Waals surface area contributed by atoms with Gasteiger partial charge in [-0.05, 0) is 75.0 Å². The molecule has 2 saturated heterocycles. The standard InChI is InChI=1S/C37H54ClN7O3/c1-26(2)41-32(14-8-11-19-43-17-9-5-10-18-43)36(47)45-21-20-44(37-42-27(3)34(48-37)29-12-6-4-7-13-29)25-33(45)35(46)40-24-28-15-16-30(23-39)31(38)22-28/h4,6-7,12-13,15-16,22,26-27,32-34,41H,5,8-11,14,17-21,23-25,39H2,1-3H3,(H,40,46)/t27-,32?,33-,34+/m0/s1. The van der Waals surface area contributed by atoms with E-state index in [2.05, 4.69) is 29.4 Å². The molecule has 3 aliphatic heterocycles. The van der Waals surface area contributed by atoms with Gasteiger partial charge in [0.05, 0.1) is 18.6 Å². The molecule has 4 N–H and O–H groups in total. The second kappa shape index (κ2) is 17.5. The molecule has 0 spiro atoms. The molecule has 10 nitrogen and oxygen atoms in total. The van der Waals surface area contributed by atoms with E-state index in [0.717, 1.165) is 42.5 Å². The van der Waals surface area contributed by atoms with E-state index in [9.17, 15) is 9.59 Å². The van der Waals surface area contributed by atoms with E-state index in [4.69, 9.17) is 27.1 Å². The zero-order valence-corrected chi connectivity index (χ0v) is 29.6. The molecule has 2 aromatic carbocycles. The van der Waals surface area contributed by atoms with Crippen LogP contribution in [0.25, 0.3) is 0 Å². The maximum Gasteiger partial charge on any atom is 0.288 e. The van der Waals surface area contributed by atoms with Gasteiger partial charge < -0.3 is 35.8 Å². The van der Waals surface area contributed by atoms with Gasteiger partial charge in [-0.15, -0.1) is 0 Å². The number of unbranched alkanes of at least 4 members (excludes halogenated alkanes) is 1. The third-order valence-corrected chi connectivity index (χ3v) is 10.0. The van der Waals surface area contributed by atoms with Gasteiger partial charge in [-0.1, -0.05) is 80.8 Å². The number of rotatable bonds is 13. The predicted molar refractivity (Wildman–Crippen MR) is 192 cm³/mol. The molecular weight excluding hydrogens is 626 g/mol. The minimum Gasteiger partial charge on any atom is -0.455 e. The van der Waals surface area contributed by atoms with Crippen LogP contribution in [0, 0.1) is 0 Å². The Morgan fingerprint density at radius 3 is 2.52 bits per heavy atom. The Labute approximate surface area is 291 Å². The van der Waals surface area contributed by atoms with E-state index in [1.165, 1.54) is 32.4 Å². The first-order valence-corrected chi connectivity index (χ1v) is 18.2. The monoisotopic (exact) mass is 679 g/mol. The van der Waals surface area contributed by atoms with Gasteiger partial charge in [0.2, 0.25) is 11.8 Å². The number of amides is 2. The summed E-state index contributed by atoms with van der Waals surface area (Å²) in [6.07, 6.45) is 6.43. The van der Waals surface area contributed by atoms with Crippen LogP contribution in [0.4, 0.5) is 0 Å². The van der Waals surface area contributed by atoms with Crippen LogP contribution >= 0.6 is 11.6 Å². The van der Waals surface area contributed by atoms with Gasteiger partial charge >= 0.3 is 0 Å². The first-order valence-electron chi connectivity index (χ1n) is 17.8. The van der Waals surface area contributed by atoms with Crippen molar-refractivity contribution in [1.82, 2.24) is 25.3 Å². The van der Waals surface area contributed by atoms with Crippen molar-refractivity contribution in [2.24, 2.45) is 10.7 Å². The summed E-state index contributed by atoms with van der Waals surface area (Å²) in [6, 6.07) is 15.2. The fourth-order valence-electron chi connectivity index (χ4n) is 7.00. The van der Waals surface area contributed by atoms with Gasteiger partial charge in [-0.2, -0.15) is 0 Å². The minimum absolute atomic E-state index is 0.0263. The number of nitrogens with two attached hydrogens (primary N) is 1. The number of amidine groups is 1. The zero-order chi connectivity index (χ0) is 34.0. The van der Waals surface area contributed by atoms with Gasteiger partial charge in [0.15, 0.2) is 0 Å². The van der Waals surface area contributed by atoms with Gasteiger partial charge in [0, 0.05) is 37.2 Å². The van der Waals surface area contributed by atoms with E-state index < -0.39 is 6.04 Å². The third kappa shape index (κ3) is 9.49. The number of benzene rings is 2. The van der Waals surface area contributed by atoms with Crippen molar-refractivity contribution >= 4 is 29.4 Å². The molecule has 4 atom stereocenters. The number of hydrogen-bond donors (Lipinski definition) is 3. The summed E-state index contributed by atoms with van der Waals surface area (Å²) in [7, 11) is 0. The van der Waals surface area contributed by atoms with E-state index >= 15 is 0 Å². The molecular formula is C37H54ClN7O3. The molecule has 0 saturated carbocycles. The topological polar surface area (TPSA) is 116 Å². The second-order valence-corrected chi connectivity index (χ2v) is 14.1. The van der Waals surface area contributed by atoms with Crippen molar-refractivity contribution < 1.29 is 14.3 Å². The maximum absolute atomic E-state index is 14.3.